The van der Waals surface area contributed by atoms with Crippen molar-refractivity contribution < 1.29 is 37.5 Å². The molecule has 0 saturated carbocycles. The molecule has 2 heterocycles. The van der Waals surface area contributed by atoms with Crippen LogP contribution in [0, 0.1) is 0 Å². The molecule has 0 aliphatic carbocycles. The van der Waals surface area contributed by atoms with E-state index in [1.54, 1.807) is 36.4 Å². The first kappa shape index (κ1) is 26.3. The van der Waals surface area contributed by atoms with Gasteiger partial charge in [-0.2, -0.15) is 0 Å². The Hall–Kier alpha value is -3.80. The highest BCUT2D eigenvalue weighted by Crippen LogP contribution is 2.35. The van der Waals surface area contributed by atoms with Crippen molar-refractivity contribution in [1.29, 1.82) is 0 Å². The van der Waals surface area contributed by atoms with E-state index in [1.807, 2.05) is 20.8 Å². The zero-order valence-corrected chi connectivity index (χ0v) is 21.6. The summed E-state index contributed by atoms with van der Waals surface area (Å²) < 4.78 is 34.4. The average molecular weight is 532 g/mol. The number of ether oxygens (including phenoxy) is 4. The van der Waals surface area contributed by atoms with Gasteiger partial charge in [0.2, 0.25) is 24.5 Å². The molecule has 2 aliphatic rings. The van der Waals surface area contributed by atoms with Crippen LogP contribution >= 0.6 is 0 Å². The van der Waals surface area contributed by atoms with E-state index >= 15 is 0 Å². The molecule has 0 unspecified atom stereocenters. The van der Waals surface area contributed by atoms with E-state index in [2.05, 4.69) is 10.6 Å². The van der Waals surface area contributed by atoms with Crippen molar-refractivity contribution in [3.63, 3.8) is 0 Å². The van der Waals surface area contributed by atoms with Crippen LogP contribution < -0.4 is 34.5 Å². The maximum atomic E-state index is 13.2. The minimum atomic E-state index is -1.83. The number of nitrogens with zero attached hydrogens (tertiary/aromatic N) is 1. The molecular weight excluding hydrogens is 502 g/mol. The van der Waals surface area contributed by atoms with E-state index in [4.69, 9.17) is 18.9 Å². The number of rotatable bonds is 8. The molecule has 0 saturated heterocycles. The van der Waals surface area contributed by atoms with Crippen LogP contribution in [-0.4, -0.2) is 65.5 Å². The van der Waals surface area contributed by atoms with Crippen LogP contribution in [0.3, 0.4) is 0 Å². The summed E-state index contributed by atoms with van der Waals surface area (Å²) in [7, 11) is -1.83. The first-order chi connectivity index (χ1) is 17.6. The highest BCUT2D eigenvalue weighted by atomic mass is 32.2. The van der Waals surface area contributed by atoms with Gasteiger partial charge in [0.05, 0.1) is 0 Å². The van der Waals surface area contributed by atoms with Crippen LogP contribution in [0.5, 0.6) is 23.0 Å². The van der Waals surface area contributed by atoms with E-state index in [9.17, 15) is 18.6 Å². The molecule has 3 amide bonds. The van der Waals surface area contributed by atoms with Crippen LogP contribution in [0.4, 0.5) is 11.4 Å². The first-order valence-electron chi connectivity index (χ1n) is 11.6. The number of hydrogen-bond donors (Lipinski definition) is 2. The van der Waals surface area contributed by atoms with E-state index < -0.39 is 39.7 Å². The standard InChI is InChI=1S/C25H29N3O8S/c1-25(2,3)27-22(29)12-28(17-5-7-18-21(11-17)34-9-8-33-18)24(31)14-37(32)13-23(30)26-16-4-6-19-20(10-16)36-15-35-19/h4-7,10-11H,8-9,12-15H2,1-3H3,(H,26,30)(H,27,29)/t37-/m1/s1. The van der Waals surface area contributed by atoms with Crippen molar-refractivity contribution in [3.05, 3.63) is 36.4 Å². The zero-order valence-electron chi connectivity index (χ0n) is 20.8. The Morgan fingerprint density at radius 2 is 1.51 bits per heavy atom. The number of benzene rings is 2. The van der Waals surface area contributed by atoms with Gasteiger partial charge in [-0.05, 0) is 45.0 Å². The van der Waals surface area contributed by atoms with Gasteiger partial charge in [-0.25, -0.2) is 0 Å². The summed E-state index contributed by atoms with van der Waals surface area (Å²) in [6.07, 6.45) is 0. The summed E-state index contributed by atoms with van der Waals surface area (Å²) >= 11 is 0. The molecule has 198 valence electrons. The minimum Gasteiger partial charge on any atom is -0.486 e. The van der Waals surface area contributed by atoms with Crippen molar-refractivity contribution in [2.24, 2.45) is 0 Å². The average Bonchev–Trinajstić information content (AvgIpc) is 3.28. The van der Waals surface area contributed by atoms with Crippen LogP contribution in [0.25, 0.3) is 0 Å². The van der Waals surface area contributed by atoms with E-state index in [0.717, 1.165) is 0 Å². The van der Waals surface area contributed by atoms with Crippen LogP contribution in [-0.2, 0) is 25.2 Å². The topological polar surface area (TPSA) is 133 Å². The molecule has 2 aromatic carbocycles. The maximum absolute atomic E-state index is 13.2. The lowest BCUT2D eigenvalue weighted by Crippen LogP contribution is -2.48. The van der Waals surface area contributed by atoms with Gasteiger partial charge in [-0.3, -0.25) is 18.6 Å². The maximum Gasteiger partial charge on any atom is 0.240 e. The van der Waals surface area contributed by atoms with Crippen LogP contribution in [0.1, 0.15) is 20.8 Å². The van der Waals surface area contributed by atoms with Gasteiger partial charge < -0.3 is 34.5 Å². The molecule has 2 aromatic rings. The summed E-state index contributed by atoms with van der Waals surface area (Å²) in [6.45, 7) is 6.06. The largest absolute Gasteiger partial charge is 0.486 e. The predicted molar refractivity (Wildman–Crippen MR) is 137 cm³/mol. The number of nitrogens with one attached hydrogen (secondary N) is 2. The molecule has 11 nitrogen and oxygen atoms in total. The third-order valence-electron chi connectivity index (χ3n) is 5.19. The number of anilines is 2. The van der Waals surface area contributed by atoms with Gasteiger partial charge in [-0.1, -0.05) is 0 Å². The fraction of sp³-hybridized carbons (Fsp3) is 0.400. The Morgan fingerprint density at radius 3 is 2.27 bits per heavy atom. The summed E-state index contributed by atoms with van der Waals surface area (Å²) in [5, 5.41) is 5.46. The summed E-state index contributed by atoms with van der Waals surface area (Å²) in [5.41, 5.74) is 0.336. The minimum absolute atomic E-state index is 0.104. The molecule has 0 radical (unpaired) electrons. The van der Waals surface area contributed by atoms with Crippen molar-refractivity contribution in [1.82, 2.24) is 5.32 Å². The lowest BCUT2D eigenvalue weighted by molar-refractivity contribution is -0.124. The predicted octanol–water partition coefficient (Wildman–Crippen LogP) is 1.82. The molecule has 0 spiro atoms. The van der Waals surface area contributed by atoms with E-state index in [0.29, 0.717) is 47.6 Å². The second-order valence-corrected chi connectivity index (χ2v) is 10.9. The lowest BCUT2D eigenvalue weighted by atomic mass is 10.1. The quantitative estimate of drug-likeness (QED) is 0.527. The summed E-state index contributed by atoms with van der Waals surface area (Å²) in [6, 6.07) is 9.79. The third kappa shape index (κ3) is 7.13. The second kappa shape index (κ2) is 11.1. The van der Waals surface area contributed by atoms with Gasteiger partial charge in [-0.15, -0.1) is 0 Å². The number of carbonyl (C=O) groups excluding carboxylic acids is 3. The summed E-state index contributed by atoms with van der Waals surface area (Å²) in [5.74, 6) is -0.292. The molecular formula is C25H29N3O8S. The van der Waals surface area contributed by atoms with Gasteiger partial charge >= 0.3 is 0 Å². The number of carbonyl (C=O) groups is 3. The molecule has 2 aliphatic heterocycles. The van der Waals surface area contributed by atoms with Crippen molar-refractivity contribution in [3.8, 4) is 23.0 Å². The highest BCUT2D eigenvalue weighted by Gasteiger charge is 2.26. The molecule has 2 N–H and O–H groups in total. The number of amides is 3. The van der Waals surface area contributed by atoms with Gasteiger partial charge in [0.1, 0.15) is 31.3 Å². The van der Waals surface area contributed by atoms with Crippen LogP contribution in [0.15, 0.2) is 36.4 Å². The normalized spacial score (nSPS) is 14.5. The van der Waals surface area contributed by atoms with Crippen molar-refractivity contribution in [2.45, 2.75) is 26.3 Å². The van der Waals surface area contributed by atoms with Gasteiger partial charge in [0.15, 0.2) is 23.0 Å². The fourth-order valence-corrected chi connectivity index (χ4v) is 4.61. The lowest BCUT2D eigenvalue weighted by Gasteiger charge is -2.27. The first-order valence-corrected chi connectivity index (χ1v) is 13.1. The van der Waals surface area contributed by atoms with Crippen molar-refractivity contribution >= 4 is 39.9 Å². The Morgan fingerprint density at radius 1 is 0.865 bits per heavy atom. The van der Waals surface area contributed by atoms with Crippen LogP contribution in [0.2, 0.25) is 0 Å². The molecule has 37 heavy (non-hydrogen) atoms. The van der Waals surface area contributed by atoms with E-state index in [-0.39, 0.29) is 19.2 Å². The third-order valence-corrected chi connectivity index (χ3v) is 6.34. The zero-order chi connectivity index (χ0) is 26.6. The Balaban J connectivity index is 1.42. The second-order valence-electron chi connectivity index (χ2n) is 9.45. The van der Waals surface area contributed by atoms with E-state index in [1.165, 1.54) is 4.90 Å². The van der Waals surface area contributed by atoms with Gasteiger partial charge in [0.25, 0.3) is 0 Å². The Kier molecular flexibility index (Phi) is 7.86. The Labute approximate surface area is 216 Å². The summed E-state index contributed by atoms with van der Waals surface area (Å²) in [4.78, 5) is 39.5. The number of fused-ring (bicyclic) bond motifs is 2. The van der Waals surface area contributed by atoms with Gasteiger partial charge in [0, 0.05) is 39.8 Å². The Bertz CT molecular complexity index is 1230. The van der Waals surface area contributed by atoms with Crippen molar-refractivity contribution in [2.75, 3.05) is 48.3 Å². The smallest absolute Gasteiger partial charge is 0.240 e. The molecule has 4 rings (SSSR count). The molecule has 0 aromatic heterocycles. The molecule has 0 fully saturated rings. The number of hydrogen-bond acceptors (Lipinski definition) is 8. The molecule has 0 bridgehead atoms. The fourth-order valence-electron chi connectivity index (χ4n) is 3.71. The molecule has 1 atom stereocenters. The monoisotopic (exact) mass is 531 g/mol. The SMILES string of the molecule is CC(C)(C)NC(=O)CN(C(=O)C[S@](=O)CC(=O)Nc1ccc2c(c1)OCO2)c1ccc2c(c1)OCCO2. The highest BCUT2D eigenvalue weighted by molar-refractivity contribution is 7.86. The molecule has 12 heteroatoms.